The van der Waals surface area contributed by atoms with Crippen LogP contribution in [0.4, 0.5) is 0 Å². The fourth-order valence-electron chi connectivity index (χ4n) is 4.00. The highest BCUT2D eigenvalue weighted by Crippen LogP contribution is 2.40. The molecule has 8 nitrogen and oxygen atoms in total. The quantitative estimate of drug-likeness (QED) is 0.426. The lowest BCUT2D eigenvalue weighted by molar-refractivity contribution is 0.272. The predicted octanol–water partition coefficient (Wildman–Crippen LogP) is 1.86. The van der Waals surface area contributed by atoms with Crippen molar-refractivity contribution in [3.8, 4) is 11.5 Å². The van der Waals surface area contributed by atoms with Crippen LogP contribution in [0.25, 0.3) is 0 Å². The first kappa shape index (κ1) is 23.6. The van der Waals surface area contributed by atoms with E-state index < -0.39 is 17.0 Å². The van der Waals surface area contributed by atoms with Crippen LogP contribution in [0.1, 0.15) is 34.0 Å². The Bertz CT molecular complexity index is 1190. The number of aromatic hydroxyl groups is 2. The summed E-state index contributed by atoms with van der Waals surface area (Å²) in [5.74, 6) is -1.92. The van der Waals surface area contributed by atoms with Crippen molar-refractivity contribution in [3.05, 3.63) is 90.2 Å². The molecule has 0 radical (unpaired) electrons. The zero-order valence-corrected chi connectivity index (χ0v) is 18.5. The fourth-order valence-corrected chi connectivity index (χ4v) is 4.25. The summed E-state index contributed by atoms with van der Waals surface area (Å²) in [4.78, 5) is 26.8. The first-order valence-corrected chi connectivity index (χ1v) is 10.4. The number of rotatable bonds is 7. The van der Waals surface area contributed by atoms with Crippen LogP contribution in [-0.2, 0) is 13.1 Å². The van der Waals surface area contributed by atoms with E-state index in [4.69, 9.17) is 11.6 Å². The standard InChI is InChI=1S/C23H25ClN2O6/c1-13-11-17(29)20(22(31)25(13)7-9-27)19(15-5-3-4-6-16(15)24)21-18(30)12-14(2)26(8-10-28)23(21)32/h3-6,11-12,19,27-30H,7-10H2,1-2H3. The summed E-state index contributed by atoms with van der Waals surface area (Å²) in [7, 11) is 0. The molecule has 3 rings (SSSR count). The number of aryl methyl sites for hydroxylation is 2. The Hall–Kier alpha value is -3.07. The van der Waals surface area contributed by atoms with Crippen LogP contribution in [0.3, 0.4) is 0 Å². The van der Waals surface area contributed by atoms with Gasteiger partial charge in [-0.15, -0.1) is 0 Å². The number of aromatic nitrogens is 2. The molecule has 0 aliphatic carbocycles. The van der Waals surface area contributed by atoms with Gasteiger partial charge in [0.15, 0.2) is 0 Å². The molecular formula is C23H25ClN2O6. The van der Waals surface area contributed by atoms with Gasteiger partial charge in [0.2, 0.25) is 0 Å². The number of halogens is 1. The second-order valence-electron chi connectivity index (χ2n) is 7.48. The Balaban J connectivity index is 2.47. The van der Waals surface area contributed by atoms with Crippen molar-refractivity contribution in [3.63, 3.8) is 0 Å². The summed E-state index contributed by atoms with van der Waals surface area (Å²) in [6, 6.07) is 9.28. The number of aliphatic hydroxyl groups excluding tert-OH is 2. The van der Waals surface area contributed by atoms with Crippen LogP contribution in [0.15, 0.2) is 46.0 Å². The average Bonchev–Trinajstić information content (AvgIpc) is 2.73. The van der Waals surface area contributed by atoms with Gasteiger partial charge in [-0.1, -0.05) is 29.8 Å². The van der Waals surface area contributed by atoms with Crippen LogP contribution in [0.2, 0.25) is 5.02 Å². The highest BCUT2D eigenvalue weighted by atomic mass is 35.5. The van der Waals surface area contributed by atoms with Crippen LogP contribution < -0.4 is 11.1 Å². The smallest absolute Gasteiger partial charge is 0.258 e. The molecular weight excluding hydrogens is 436 g/mol. The molecule has 0 bridgehead atoms. The molecule has 0 saturated carbocycles. The van der Waals surface area contributed by atoms with Gasteiger partial charge in [0.25, 0.3) is 11.1 Å². The molecule has 0 saturated heterocycles. The van der Waals surface area contributed by atoms with Gasteiger partial charge in [-0.2, -0.15) is 0 Å². The molecule has 0 amide bonds. The van der Waals surface area contributed by atoms with E-state index in [1.165, 1.54) is 21.3 Å². The van der Waals surface area contributed by atoms with Crippen molar-refractivity contribution in [2.24, 2.45) is 0 Å². The number of hydrogen-bond acceptors (Lipinski definition) is 6. The van der Waals surface area contributed by atoms with Gasteiger partial charge in [-0.3, -0.25) is 9.59 Å². The van der Waals surface area contributed by atoms with Gasteiger partial charge in [0.1, 0.15) is 11.5 Å². The predicted molar refractivity (Wildman–Crippen MR) is 121 cm³/mol. The van der Waals surface area contributed by atoms with Crippen LogP contribution in [0, 0.1) is 13.8 Å². The molecule has 4 N–H and O–H groups in total. The second-order valence-corrected chi connectivity index (χ2v) is 7.89. The maximum atomic E-state index is 13.4. The Kier molecular flexibility index (Phi) is 7.08. The van der Waals surface area contributed by atoms with Crippen molar-refractivity contribution >= 4 is 11.6 Å². The molecule has 3 aromatic rings. The summed E-state index contributed by atoms with van der Waals surface area (Å²) in [5, 5.41) is 40.7. The first-order valence-electron chi connectivity index (χ1n) is 10.1. The number of benzene rings is 1. The third kappa shape index (κ3) is 4.17. The number of pyridine rings is 2. The maximum Gasteiger partial charge on any atom is 0.258 e. The highest BCUT2D eigenvalue weighted by Gasteiger charge is 2.32. The van der Waals surface area contributed by atoms with Crippen LogP contribution >= 0.6 is 11.6 Å². The first-order chi connectivity index (χ1) is 15.2. The third-order valence-corrected chi connectivity index (χ3v) is 5.83. The minimum Gasteiger partial charge on any atom is -0.507 e. The van der Waals surface area contributed by atoms with Crippen molar-refractivity contribution in [1.82, 2.24) is 9.13 Å². The van der Waals surface area contributed by atoms with E-state index in [0.717, 1.165) is 0 Å². The zero-order chi connectivity index (χ0) is 23.6. The van der Waals surface area contributed by atoms with E-state index in [9.17, 15) is 30.0 Å². The van der Waals surface area contributed by atoms with Gasteiger partial charge in [-0.25, -0.2) is 0 Å². The molecule has 170 valence electrons. The van der Waals surface area contributed by atoms with Gasteiger partial charge < -0.3 is 29.6 Å². The molecule has 0 aliphatic heterocycles. The van der Waals surface area contributed by atoms with Crippen molar-refractivity contribution in [2.75, 3.05) is 13.2 Å². The van der Waals surface area contributed by atoms with E-state index in [2.05, 4.69) is 0 Å². The van der Waals surface area contributed by atoms with Gasteiger partial charge in [0.05, 0.1) is 30.3 Å². The molecule has 0 unspecified atom stereocenters. The number of nitrogens with zero attached hydrogens (tertiary/aromatic N) is 2. The summed E-state index contributed by atoms with van der Waals surface area (Å²) < 4.78 is 2.58. The molecule has 0 atom stereocenters. The largest absolute Gasteiger partial charge is 0.507 e. The average molecular weight is 461 g/mol. The third-order valence-electron chi connectivity index (χ3n) is 5.49. The van der Waals surface area contributed by atoms with Crippen LogP contribution in [0.5, 0.6) is 11.5 Å². The maximum absolute atomic E-state index is 13.4. The van der Waals surface area contributed by atoms with Gasteiger partial charge in [0, 0.05) is 29.5 Å². The molecule has 1 aromatic carbocycles. The molecule has 9 heteroatoms. The van der Waals surface area contributed by atoms with Gasteiger partial charge in [-0.05, 0) is 37.6 Å². The van der Waals surface area contributed by atoms with E-state index in [1.54, 1.807) is 38.1 Å². The second kappa shape index (κ2) is 9.60. The lowest BCUT2D eigenvalue weighted by Crippen LogP contribution is -2.33. The molecule has 2 aromatic heterocycles. The van der Waals surface area contributed by atoms with E-state index >= 15 is 0 Å². The monoisotopic (exact) mass is 460 g/mol. The lowest BCUT2D eigenvalue weighted by Gasteiger charge is -2.24. The Morgan fingerprint density at radius 1 is 0.844 bits per heavy atom. The highest BCUT2D eigenvalue weighted by molar-refractivity contribution is 6.31. The summed E-state index contributed by atoms with van der Waals surface area (Å²) in [6.07, 6.45) is 0. The minimum absolute atomic E-state index is 0.0121. The van der Waals surface area contributed by atoms with E-state index in [1.807, 2.05) is 0 Å². The van der Waals surface area contributed by atoms with Gasteiger partial charge >= 0.3 is 0 Å². The summed E-state index contributed by atoms with van der Waals surface area (Å²) in [6.45, 7) is 2.59. The molecule has 2 heterocycles. The minimum atomic E-state index is -1.19. The number of hydrogen-bond donors (Lipinski definition) is 4. The topological polar surface area (TPSA) is 125 Å². The Labute approximate surface area is 189 Å². The van der Waals surface area contributed by atoms with Crippen molar-refractivity contribution < 1.29 is 20.4 Å². The van der Waals surface area contributed by atoms with E-state index in [0.29, 0.717) is 17.0 Å². The number of aliphatic hydroxyl groups is 2. The fraction of sp³-hybridized carbons (Fsp3) is 0.304. The summed E-state index contributed by atoms with van der Waals surface area (Å²) in [5.41, 5.74) is -0.340. The molecule has 32 heavy (non-hydrogen) atoms. The van der Waals surface area contributed by atoms with Crippen molar-refractivity contribution in [1.29, 1.82) is 0 Å². The van der Waals surface area contributed by atoms with Crippen molar-refractivity contribution in [2.45, 2.75) is 32.9 Å². The zero-order valence-electron chi connectivity index (χ0n) is 17.7. The molecule has 0 fully saturated rings. The Morgan fingerprint density at radius 2 is 1.28 bits per heavy atom. The van der Waals surface area contributed by atoms with Crippen LogP contribution in [-0.4, -0.2) is 42.8 Å². The lowest BCUT2D eigenvalue weighted by atomic mass is 9.84. The normalized spacial score (nSPS) is 11.3. The molecule has 0 spiro atoms. The Morgan fingerprint density at radius 3 is 1.69 bits per heavy atom. The van der Waals surface area contributed by atoms with E-state index in [-0.39, 0.29) is 54.0 Å². The summed E-state index contributed by atoms with van der Waals surface area (Å²) >= 11 is 6.43. The molecule has 0 aliphatic rings. The SMILES string of the molecule is Cc1cc(O)c(C(c2ccccc2Cl)c2c(O)cc(C)n(CCO)c2=O)c(=O)n1CCO.